The van der Waals surface area contributed by atoms with Crippen molar-refractivity contribution in [3.05, 3.63) is 75.8 Å². The highest BCUT2D eigenvalue weighted by Crippen LogP contribution is 2.33. The molecule has 0 unspecified atom stereocenters. The number of halogens is 1. The maximum atomic E-state index is 12.6. The second-order valence-electron chi connectivity index (χ2n) is 7.78. The largest absolute Gasteiger partial charge is 0.385 e. The van der Waals surface area contributed by atoms with E-state index in [2.05, 4.69) is 4.98 Å². The van der Waals surface area contributed by atoms with Crippen LogP contribution in [0.25, 0.3) is 10.9 Å². The molecule has 0 aliphatic carbocycles. The Morgan fingerprint density at radius 3 is 2.53 bits per heavy atom. The van der Waals surface area contributed by atoms with E-state index in [1.807, 2.05) is 30.3 Å². The number of para-hydroxylation sites is 1. The van der Waals surface area contributed by atoms with Gasteiger partial charge < -0.3 is 10.0 Å². The van der Waals surface area contributed by atoms with E-state index in [1.165, 1.54) is 0 Å². The lowest BCUT2D eigenvalue weighted by atomic mass is 9.84. The molecule has 0 saturated carbocycles. The number of piperidine rings is 1. The smallest absolute Gasteiger partial charge is 0.261 e. The average Bonchev–Trinajstić information content (AvgIpc) is 2.76. The molecule has 30 heavy (non-hydrogen) atoms. The minimum atomic E-state index is -0.925. The lowest BCUT2D eigenvalue weighted by Crippen LogP contribution is -2.45. The van der Waals surface area contributed by atoms with E-state index in [4.69, 9.17) is 11.6 Å². The number of hydrogen-bond acceptors (Lipinski definition) is 4. The van der Waals surface area contributed by atoms with Gasteiger partial charge in [0.05, 0.1) is 22.8 Å². The number of aryl methyl sites for hydroxylation is 1. The summed E-state index contributed by atoms with van der Waals surface area (Å²) in [7, 11) is 0. The predicted molar refractivity (Wildman–Crippen MR) is 116 cm³/mol. The Balaban J connectivity index is 1.31. The van der Waals surface area contributed by atoms with Gasteiger partial charge in [0.2, 0.25) is 5.91 Å². The van der Waals surface area contributed by atoms with Gasteiger partial charge in [-0.05, 0) is 49.1 Å². The molecule has 0 bridgehead atoms. The van der Waals surface area contributed by atoms with E-state index in [0.717, 1.165) is 5.56 Å². The Morgan fingerprint density at radius 1 is 1.10 bits per heavy atom. The topological polar surface area (TPSA) is 75.4 Å². The Kier molecular flexibility index (Phi) is 5.88. The van der Waals surface area contributed by atoms with E-state index in [-0.39, 0.29) is 11.5 Å². The molecule has 156 valence electrons. The van der Waals surface area contributed by atoms with Crippen molar-refractivity contribution in [1.82, 2.24) is 14.5 Å². The molecule has 1 amide bonds. The van der Waals surface area contributed by atoms with Gasteiger partial charge in [0, 0.05) is 31.1 Å². The summed E-state index contributed by atoms with van der Waals surface area (Å²) in [5.41, 5.74) is 0.503. The molecule has 2 aromatic carbocycles. The van der Waals surface area contributed by atoms with E-state index in [1.54, 1.807) is 34.0 Å². The fourth-order valence-corrected chi connectivity index (χ4v) is 4.12. The Hall–Kier alpha value is -2.70. The van der Waals surface area contributed by atoms with Crippen molar-refractivity contribution in [3.63, 3.8) is 0 Å². The second kappa shape index (κ2) is 8.58. The lowest BCUT2D eigenvalue weighted by Gasteiger charge is -2.38. The second-order valence-corrected chi connectivity index (χ2v) is 8.22. The first kappa shape index (κ1) is 20.6. The monoisotopic (exact) mass is 425 g/mol. The molecule has 1 aliphatic rings. The number of amides is 1. The van der Waals surface area contributed by atoms with Crippen LogP contribution in [0.5, 0.6) is 0 Å². The van der Waals surface area contributed by atoms with Crippen molar-refractivity contribution in [2.24, 2.45) is 0 Å². The van der Waals surface area contributed by atoms with Crippen LogP contribution < -0.4 is 5.56 Å². The summed E-state index contributed by atoms with van der Waals surface area (Å²) in [6.45, 7) is 1.47. The fourth-order valence-electron chi connectivity index (χ4n) is 4.00. The molecular formula is C23H24ClN3O3. The number of aromatic nitrogens is 2. The molecule has 1 aromatic heterocycles. The molecule has 1 aliphatic heterocycles. The molecule has 2 heterocycles. The standard InChI is InChI=1S/C23H24ClN3O3/c24-18-9-7-17(8-10-18)23(30)11-14-26(15-12-23)21(28)6-3-13-27-16-25-20-5-2-1-4-19(20)22(27)29/h1-2,4-5,7-10,16,30H,3,6,11-15H2. The molecule has 4 rings (SSSR count). The SMILES string of the molecule is O=C(CCCn1cnc2ccccc2c1=O)N1CCC(O)(c2ccc(Cl)cc2)CC1. The Labute approximate surface area is 179 Å². The summed E-state index contributed by atoms with van der Waals surface area (Å²) < 4.78 is 1.56. The van der Waals surface area contributed by atoms with Gasteiger partial charge in [-0.2, -0.15) is 0 Å². The number of rotatable bonds is 5. The van der Waals surface area contributed by atoms with E-state index >= 15 is 0 Å². The summed E-state index contributed by atoms with van der Waals surface area (Å²) in [4.78, 5) is 31.2. The van der Waals surface area contributed by atoms with E-state index < -0.39 is 5.60 Å². The first-order valence-electron chi connectivity index (χ1n) is 10.2. The van der Waals surface area contributed by atoms with Gasteiger partial charge in [-0.25, -0.2) is 4.98 Å². The van der Waals surface area contributed by atoms with E-state index in [0.29, 0.717) is 61.2 Å². The summed E-state index contributed by atoms with van der Waals surface area (Å²) in [5.74, 6) is 0.0509. The summed E-state index contributed by atoms with van der Waals surface area (Å²) in [6, 6.07) is 14.5. The summed E-state index contributed by atoms with van der Waals surface area (Å²) >= 11 is 5.93. The highest BCUT2D eigenvalue weighted by Gasteiger charge is 2.35. The van der Waals surface area contributed by atoms with Crippen LogP contribution in [0.3, 0.4) is 0 Å². The van der Waals surface area contributed by atoms with Gasteiger partial charge >= 0.3 is 0 Å². The van der Waals surface area contributed by atoms with Gasteiger partial charge in [0.1, 0.15) is 0 Å². The van der Waals surface area contributed by atoms with Crippen LogP contribution in [-0.4, -0.2) is 38.6 Å². The molecule has 6 nitrogen and oxygen atoms in total. The third-order valence-corrected chi connectivity index (χ3v) is 6.10. The van der Waals surface area contributed by atoms with Crippen LogP contribution in [0.4, 0.5) is 0 Å². The van der Waals surface area contributed by atoms with Crippen LogP contribution in [0.15, 0.2) is 59.7 Å². The van der Waals surface area contributed by atoms with Crippen molar-refractivity contribution < 1.29 is 9.90 Å². The first-order valence-corrected chi connectivity index (χ1v) is 10.5. The third kappa shape index (κ3) is 4.25. The normalized spacial score (nSPS) is 16.0. The quantitative estimate of drug-likeness (QED) is 0.680. The zero-order chi connectivity index (χ0) is 21.1. The van der Waals surface area contributed by atoms with Crippen molar-refractivity contribution in [2.75, 3.05) is 13.1 Å². The van der Waals surface area contributed by atoms with Crippen LogP contribution in [0.1, 0.15) is 31.2 Å². The van der Waals surface area contributed by atoms with Crippen molar-refractivity contribution in [3.8, 4) is 0 Å². The van der Waals surface area contributed by atoms with Gasteiger partial charge in [-0.1, -0.05) is 35.9 Å². The number of likely N-dealkylation sites (tertiary alicyclic amines) is 1. The highest BCUT2D eigenvalue weighted by atomic mass is 35.5. The number of aliphatic hydroxyl groups is 1. The van der Waals surface area contributed by atoms with Crippen molar-refractivity contribution in [1.29, 1.82) is 0 Å². The van der Waals surface area contributed by atoms with Crippen LogP contribution in [0, 0.1) is 0 Å². The minimum Gasteiger partial charge on any atom is -0.385 e. The Bertz CT molecular complexity index is 1100. The fraction of sp³-hybridized carbons (Fsp3) is 0.348. The van der Waals surface area contributed by atoms with Crippen molar-refractivity contribution in [2.45, 2.75) is 37.8 Å². The third-order valence-electron chi connectivity index (χ3n) is 5.85. The molecule has 1 N–H and O–H groups in total. The predicted octanol–water partition coefficient (Wildman–Crippen LogP) is 3.34. The number of nitrogens with zero attached hydrogens (tertiary/aromatic N) is 3. The molecule has 0 radical (unpaired) electrons. The molecular weight excluding hydrogens is 402 g/mol. The van der Waals surface area contributed by atoms with Crippen molar-refractivity contribution >= 4 is 28.4 Å². The number of fused-ring (bicyclic) bond motifs is 1. The molecule has 0 spiro atoms. The van der Waals surface area contributed by atoms with Gasteiger partial charge in [0.15, 0.2) is 0 Å². The summed E-state index contributed by atoms with van der Waals surface area (Å²) in [6.07, 6.45) is 3.46. The Morgan fingerprint density at radius 2 is 1.80 bits per heavy atom. The first-order chi connectivity index (χ1) is 14.5. The minimum absolute atomic E-state index is 0.0509. The van der Waals surface area contributed by atoms with Gasteiger partial charge in [0.25, 0.3) is 5.56 Å². The zero-order valence-electron chi connectivity index (χ0n) is 16.6. The molecule has 1 fully saturated rings. The average molecular weight is 426 g/mol. The maximum Gasteiger partial charge on any atom is 0.261 e. The molecule has 0 atom stereocenters. The molecule has 7 heteroatoms. The lowest BCUT2D eigenvalue weighted by molar-refractivity contribution is -0.135. The van der Waals surface area contributed by atoms with Crippen LogP contribution in [0.2, 0.25) is 5.02 Å². The number of hydrogen-bond donors (Lipinski definition) is 1. The van der Waals surface area contributed by atoms with Gasteiger partial charge in [-0.3, -0.25) is 14.2 Å². The summed E-state index contributed by atoms with van der Waals surface area (Å²) in [5, 5.41) is 12.2. The maximum absolute atomic E-state index is 12.6. The van der Waals surface area contributed by atoms with E-state index in [9.17, 15) is 14.7 Å². The number of carbonyl (C=O) groups is 1. The highest BCUT2D eigenvalue weighted by molar-refractivity contribution is 6.30. The molecule has 1 saturated heterocycles. The number of benzene rings is 2. The van der Waals surface area contributed by atoms with Crippen LogP contribution in [-0.2, 0) is 16.9 Å². The van der Waals surface area contributed by atoms with Gasteiger partial charge in [-0.15, -0.1) is 0 Å². The molecule has 3 aromatic rings. The zero-order valence-corrected chi connectivity index (χ0v) is 17.4. The van der Waals surface area contributed by atoms with Crippen LogP contribution >= 0.6 is 11.6 Å². The number of carbonyl (C=O) groups excluding carboxylic acids is 1.